The Kier molecular flexibility index (Phi) is 4.95. The highest BCUT2D eigenvalue weighted by atomic mass is 32.2. The fraction of sp³-hybridized carbons (Fsp3) is 0.400. The number of nitrogens with one attached hydrogen (secondary N) is 1. The number of aromatic nitrogens is 2. The van der Waals surface area contributed by atoms with Crippen molar-refractivity contribution in [2.75, 3.05) is 13.1 Å². The van der Waals surface area contributed by atoms with Gasteiger partial charge in [-0.2, -0.15) is 0 Å². The van der Waals surface area contributed by atoms with Gasteiger partial charge in [-0.25, -0.2) is 17.8 Å². The molecular formula is C20H24N4O3S. The third-order valence-electron chi connectivity index (χ3n) is 5.24. The van der Waals surface area contributed by atoms with Crippen LogP contribution in [0.1, 0.15) is 29.2 Å². The van der Waals surface area contributed by atoms with Crippen molar-refractivity contribution in [2.24, 2.45) is 0 Å². The standard InChI is InChI=1S/C20H24N4O3S/c1-13-10-14(2)20(19-18(13)21-27-22-19)28(25,26)23-15(3)11-24-9-8-16-6-4-5-7-17(16)12-24/h4-7,10,15,23H,8-9,11-12H2,1-3H3/t15-/m1/s1. The zero-order chi connectivity index (χ0) is 19.9. The molecule has 0 radical (unpaired) electrons. The highest BCUT2D eigenvalue weighted by molar-refractivity contribution is 7.89. The Morgan fingerprint density at radius 2 is 1.86 bits per heavy atom. The second kappa shape index (κ2) is 7.27. The Morgan fingerprint density at radius 1 is 1.14 bits per heavy atom. The number of hydrogen-bond donors (Lipinski definition) is 1. The molecular weight excluding hydrogens is 376 g/mol. The predicted octanol–water partition coefficient (Wildman–Crippen LogP) is 2.56. The first-order chi connectivity index (χ1) is 13.3. The smallest absolute Gasteiger partial charge is 0.243 e. The van der Waals surface area contributed by atoms with Crippen LogP contribution in [-0.2, 0) is 23.0 Å². The van der Waals surface area contributed by atoms with Crippen molar-refractivity contribution in [2.45, 2.75) is 44.7 Å². The van der Waals surface area contributed by atoms with E-state index >= 15 is 0 Å². The van der Waals surface area contributed by atoms with Crippen molar-refractivity contribution in [3.63, 3.8) is 0 Å². The molecule has 1 aliphatic heterocycles. The first kappa shape index (κ1) is 19.0. The lowest BCUT2D eigenvalue weighted by Crippen LogP contribution is -2.43. The van der Waals surface area contributed by atoms with Gasteiger partial charge in [-0.05, 0) is 59.8 Å². The Labute approximate surface area is 164 Å². The van der Waals surface area contributed by atoms with Gasteiger partial charge in [0, 0.05) is 25.7 Å². The van der Waals surface area contributed by atoms with Gasteiger partial charge >= 0.3 is 0 Å². The monoisotopic (exact) mass is 400 g/mol. The molecule has 2 aromatic carbocycles. The molecule has 1 atom stereocenters. The number of aryl methyl sites for hydroxylation is 2. The summed E-state index contributed by atoms with van der Waals surface area (Å²) in [6.07, 6.45) is 0.984. The summed E-state index contributed by atoms with van der Waals surface area (Å²) in [6, 6.07) is 9.97. The Morgan fingerprint density at radius 3 is 2.64 bits per heavy atom. The molecule has 28 heavy (non-hydrogen) atoms. The summed E-state index contributed by atoms with van der Waals surface area (Å²) in [5.41, 5.74) is 4.92. The van der Waals surface area contributed by atoms with Gasteiger partial charge in [0.1, 0.15) is 10.4 Å². The second-order valence-corrected chi connectivity index (χ2v) is 9.23. The highest BCUT2D eigenvalue weighted by Crippen LogP contribution is 2.27. The van der Waals surface area contributed by atoms with Crippen molar-refractivity contribution < 1.29 is 13.0 Å². The van der Waals surface area contributed by atoms with Crippen LogP contribution < -0.4 is 4.72 Å². The van der Waals surface area contributed by atoms with E-state index in [0.717, 1.165) is 25.1 Å². The van der Waals surface area contributed by atoms with E-state index < -0.39 is 10.0 Å². The molecule has 0 saturated carbocycles. The predicted molar refractivity (Wildman–Crippen MR) is 106 cm³/mol. The molecule has 3 aromatic rings. The summed E-state index contributed by atoms with van der Waals surface area (Å²) in [6.45, 7) is 7.91. The largest absolute Gasteiger partial charge is 0.297 e. The van der Waals surface area contributed by atoms with Gasteiger partial charge in [-0.1, -0.05) is 30.3 Å². The molecule has 0 spiro atoms. The van der Waals surface area contributed by atoms with Crippen molar-refractivity contribution in [3.8, 4) is 0 Å². The molecule has 8 heteroatoms. The topological polar surface area (TPSA) is 88.3 Å². The molecule has 7 nitrogen and oxygen atoms in total. The summed E-state index contributed by atoms with van der Waals surface area (Å²) in [4.78, 5) is 2.43. The van der Waals surface area contributed by atoms with Crippen LogP contribution in [0.2, 0.25) is 0 Å². The maximum atomic E-state index is 13.1. The molecule has 0 bridgehead atoms. The van der Waals surface area contributed by atoms with Gasteiger partial charge in [-0.3, -0.25) is 4.90 Å². The maximum absolute atomic E-state index is 13.1. The lowest BCUT2D eigenvalue weighted by atomic mass is 10.00. The molecule has 1 N–H and O–H groups in total. The van der Waals surface area contributed by atoms with Gasteiger partial charge in [0.05, 0.1) is 0 Å². The lowest BCUT2D eigenvalue weighted by molar-refractivity contribution is 0.237. The van der Waals surface area contributed by atoms with E-state index in [0.29, 0.717) is 17.6 Å². The Hall–Kier alpha value is -2.29. The van der Waals surface area contributed by atoms with E-state index in [9.17, 15) is 8.42 Å². The number of sulfonamides is 1. The number of fused-ring (bicyclic) bond motifs is 2. The zero-order valence-corrected chi connectivity index (χ0v) is 17.1. The van der Waals surface area contributed by atoms with E-state index in [1.807, 2.05) is 19.9 Å². The van der Waals surface area contributed by atoms with Crippen LogP contribution in [0, 0.1) is 13.8 Å². The molecule has 1 aromatic heterocycles. The molecule has 0 amide bonds. The molecule has 0 unspecified atom stereocenters. The van der Waals surface area contributed by atoms with Crippen molar-refractivity contribution in [1.82, 2.24) is 19.9 Å². The van der Waals surface area contributed by atoms with Gasteiger partial charge in [0.15, 0.2) is 5.52 Å². The average Bonchev–Trinajstić information content (AvgIpc) is 3.10. The molecule has 2 heterocycles. The summed E-state index contributed by atoms with van der Waals surface area (Å²) in [5.74, 6) is 0. The van der Waals surface area contributed by atoms with E-state index in [1.54, 1.807) is 13.0 Å². The Bertz CT molecular complexity index is 1120. The SMILES string of the molecule is Cc1cc(C)c2nonc2c1S(=O)(=O)N[C@H](C)CN1CCc2ccccc2C1. The van der Waals surface area contributed by atoms with Gasteiger partial charge in [0.25, 0.3) is 0 Å². The molecule has 0 saturated heterocycles. The second-order valence-electron chi connectivity index (χ2n) is 7.58. The highest BCUT2D eigenvalue weighted by Gasteiger charge is 2.27. The fourth-order valence-electron chi connectivity index (χ4n) is 4.04. The van der Waals surface area contributed by atoms with Crippen LogP contribution in [-0.4, -0.2) is 42.8 Å². The minimum absolute atomic E-state index is 0.144. The van der Waals surface area contributed by atoms with Crippen molar-refractivity contribution in [3.05, 3.63) is 52.6 Å². The third-order valence-corrected chi connectivity index (χ3v) is 7.00. The summed E-state index contributed by atoms with van der Waals surface area (Å²) in [5, 5.41) is 7.68. The maximum Gasteiger partial charge on any atom is 0.243 e. The number of benzene rings is 2. The van der Waals surface area contributed by atoms with Crippen LogP contribution in [0.4, 0.5) is 0 Å². The number of hydrogen-bond acceptors (Lipinski definition) is 6. The minimum atomic E-state index is -3.75. The minimum Gasteiger partial charge on any atom is -0.297 e. The molecule has 4 rings (SSSR count). The quantitative estimate of drug-likeness (QED) is 0.708. The van der Waals surface area contributed by atoms with Crippen molar-refractivity contribution in [1.29, 1.82) is 0 Å². The van der Waals surface area contributed by atoms with Crippen molar-refractivity contribution >= 4 is 21.1 Å². The normalized spacial score (nSPS) is 16.2. The van der Waals surface area contributed by atoms with Crippen LogP contribution in [0.25, 0.3) is 11.0 Å². The van der Waals surface area contributed by atoms with E-state index in [1.165, 1.54) is 11.1 Å². The average molecular weight is 401 g/mol. The van der Waals surface area contributed by atoms with Gasteiger partial charge in [-0.15, -0.1) is 0 Å². The summed E-state index contributed by atoms with van der Waals surface area (Å²) >= 11 is 0. The first-order valence-electron chi connectivity index (χ1n) is 9.39. The molecule has 0 fully saturated rings. The van der Waals surface area contributed by atoms with Gasteiger partial charge < -0.3 is 0 Å². The first-order valence-corrected chi connectivity index (χ1v) is 10.9. The molecule has 148 valence electrons. The zero-order valence-electron chi connectivity index (χ0n) is 16.3. The van der Waals surface area contributed by atoms with E-state index in [-0.39, 0.29) is 16.5 Å². The Balaban J connectivity index is 1.52. The van der Waals surface area contributed by atoms with Crippen LogP contribution in [0.3, 0.4) is 0 Å². The lowest BCUT2D eigenvalue weighted by Gasteiger charge is -2.31. The van der Waals surface area contributed by atoms with Crippen LogP contribution in [0.5, 0.6) is 0 Å². The third kappa shape index (κ3) is 3.55. The summed E-state index contributed by atoms with van der Waals surface area (Å²) in [7, 11) is -3.75. The van der Waals surface area contributed by atoms with E-state index in [4.69, 9.17) is 4.63 Å². The molecule has 0 aliphatic carbocycles. The number of nitrogens with zero attached hydrogens (tertiary/aromatic N) is 3. The van der Waals surface area contributed by atoms with E-state index in [2.05, 4.69) is 38.1 Å². The molecule has 1 aliphatic rings. The van der Waals surface area contributed by atoms with Gasteiger partial charge in [0.2, 0.25) is 10.0 Å². The number of rotatable bonds is 5. The summed E-state index contributed by atoms with van der Waals surface area (Å²) < 4.78 is 33.8. The fourth-order valence-corrected chi connectivity index (χ4v) is 5.63. The van der Waals surface area contributed by atoms with Crippen LogP contribution in [0.15, 0.2) is 39.9 Å². The van der Waals surface area contributed by atoms with Crippen LogP contribution >= 0.6 is 0 Å².